The van der Waals surface area contributed by atoms with Gasteiger partial charge >= 0.3 is 11.8 Å². The van der Waals surface area contributed by atoms with Gasteiger partial charge in [0.2, 0.25) is 0 Å². The third-order valence-corrected chi connectivity index (χ3v) is 3.83. The summed E-state index contributed by atoms with van der Waals surface area (Å²) in [5.41, 5.74) is 1.76. The van der Waals surface area contributed by atoms with Gasteiger partial charge in [-0.3, -0.25) is 9.59 Å². The van der Waals surface area contributed by atoms with E-state index in [2.05, 4.69) is 10.6 Å². The van der Waals surface area contributed by atoms with Crippen molar-refractivity contribution in [3.8, 4) is 0 Å². The van der Waals surface area contributed by atoms with Crippen molar-refractivity contribution in [2.24, 2.45) is 5.92 Å². The molecule has 1 fully saturated rings. The Morgan fingerprint density at radius 3 is 2.40 bits per heavy atom. The molecule has 0 saturated heterocycles. The molecule has 0 unspecified atom stereocenters. The van der Waals surface area contributed by atoms with E-state index in [0.29, 0.717) is 12.2 Å². The van der Waals surface area contributed by atoms with Gasteiger partial charge in [-0.1, -0.05) is 43.4 Å². The normalized spacial score (nSPS) is 15.1. The molecule has 1 aromatic carbocycles. The van der Waals surface area contributed by atoms with Crippen LogP contribution in [0.3, 0.4) is 0 Å². The van der Waals surface area contributed by atoms with Crippen LogP contribution in [0.1, 0.15) is 37.7 Å². The molecule has 1 saturated carbocycles. The second-order valence-electron chi connectivity index (χ2n) is 5.52. The van der Waals surface area contributed by atoms with Crippen LogP contribution in [0.5, 0.6) is 0 Å². The first-order chi connectivity index (χ1) is 9.65. The van der Waals surface area contributed by atoms with Gasteiger partial charge in [0.05, 0.1) is 0 Å². The van der Waals surface area contributed by atoms with Gasteiger partial charge in [-0.25, -0.2) is 0 Å². The first-order valence-electron chi connectivity index (χ1n) is 7.31. The molecule has 1 aliphatic carbocycles. The van der Waals surface area contributed by atoms with E-state index in [1.54, 1.807) is 12.1 Å². The molecule has 2 amide bonds. The van der Waals surface area contributed by atoms with Crippen LogP contribution in [0.25, 0.3) is 0 Å². The highest BCUT2D eigenvalue weighted by Gasteiger charge is 2.17. The zero-order chi connectivity index (χ0) is 14.4. The molecule has 20 heavy (non-hydrogen) atoms. The van der Waals surface area contributed by atoms with Crippen molar-refractivity contribution in [2.75, 3.05) is 11.9 Å². The SMILES string of the molecule is Cc1ccc(NC(=O)C(=O)NCCC2CCCC2)cc1. The summed E-state index contributed by atoms with van der Waals surface area (Å²) in [5.74, 6) is -0.431. The zero-order valence-electron chi connectivity index (χ0n) is 11.9. The minimum Gasteiger partial charge on any atom is -0.348 e. The van der Waals surface area contributed by atoms with Crippen LogP contribution < -0.4 is 10.6 Å². The third-order valence-electron chi connectivity index (χ3n) is 3.83. The van der Waals surface area contributed by atoms with Gasteiger partial charge in [0.15, 0.2) is 0 Å². The second-order valence-corrected chi connectivity index (χ2v) is 5.52. The summed E-state index contributed by atoms with van der Waals surface area (Å²) in [6.07, 6.45) is 6.08. The highest BCUT2D eigenvalue weighted by atomic mass is 16.2. The lowest BCUT2D eigenvalue weighted by Gasteiger charge is -2.10. The number of amides is 2. The number of nitrogens with one attached hydrogen (secondary N) is 2. The average molecular weight is 274 g/mol. The quantitative estimate of drug-likeness (QED) is 0.829. The zero-order valence-corrected chi connectivity index (χ0v) is 11.9. The number of carbonyl (C=O) groups excluding carboxylic acids is 2. The van der Waals surface area contributed by atoms with Crippen LogP contribution in [0.2, 0.25) is 0 Å². The van der Waals surface area contributed by atoms with Crippen molar-refractivity contribution in [3.63, 3.8) is 0 Å². The second kappa shape index (κ2) is 7.08. The molecule has 0 aromatic heterocycles. The van der Waals surface area contributed by atoms with Gasteiger partial charge in [-0.15, -0.1) is 0 Å². The maximum Gasteiger partial charge on any atom is 0.313 e. The van der Waals surface area contributed by atoms with Gasteiger partial charge in [-0.05, 0) is 31.4 Å². The topological polar surface area (TPSA) is 58.2 Å². The fraction of sp³-hybridized carbons (Fsp3) is 0.500. The van der Waals surface area contributed by atoms with Crippen molar-refractivity contribution in [1.82, 2.24) is 5.32 Å². The Bertz CT molecular complexity index is 462. The van der Waals surface area contributed by atoms with E-state index in [1.807, 2.05) is 19.1 Å². The van der Waals surface area contributed by atoms with Gasteiger partial charge in [0.25, 0.3) is 0 Å². The van der Waals surface area contributed by atoms with E-state index in [9.17, 15) is 9.59 Å². The van der Waals surface area contributed by atoms with Crippen molar-refractivity contribution in [2.45, 2.75) is 39.0 Å². The maximum atomic E-state index is 11.7. The standard InChI is InChI=1S/C16H22N2O2/c1-12-6-8-14(9-7-12)18-16(20)15(19)17-11-10-13-4-2-3-5-13/h6-9,13H,2-5,10-11H2,1H3,(H,17,19)(H,18,20). The molecule has 0 spiro atoms. The van der Waals surface area contributed by atoms with Gasteiger partial charge < -0.3 is 10.6 Å². The molecular formula is C16H22N2O2. The van der Waals surface area contributed by atoms with E-state index < -0.39 is 11.8 Å². The lowest BCUT2D eigenvalue weighted by molar-refractivity contribution is -0.136. The molecule has 0 radical (unpaired) electrons. The molecule has 0 atom stereocenters. The first kappa shape index (κ1) is 14.6. The number of hydrogen-bond acceptors (Lipinski definition) is 2. The summed E-state index contributed by atoms with van der Waals surface area (Å²) in [6.45, 7) is 2.56. The van der Waals surface area contributed by atoms with Crippen LogP contribution in [-0.4, -0.2) is 18.4 Å². The summed E-state index contributed by atoms with van der Waals surface area (Å²) in [6, 6.07) is 7.37. The largest absolute Gasteiger partial charge is 0.348 e. The van der Waals surface area contributed by atoms with E-state index in [0.717, 1.165) is 17.9 Å². The smallest absolute Gasteiger partial charge is 0.313 e. The minimum atomic E-state index is -0.597. The average Bonchev–Trinajstić information content (AvgIpc) is 2.94. The maximum absolute atomic E-state index is 11.7. The van der Waals surface area contributed by atoms with Gasteiger partial charge in [-0.2, -0.15) is 0 Å². The number of rotatable bonds is 4. The predicted molar refractivity (Wildman–Crippen MR) is 79.4 cm³/mol. The van der Waals surface area contributed by atoms with Crippen LogP contribution in [0, 0.1) is 12.8 Å². The highest BCUT2D eigenvalue weighted by Crippen LogP contribution is 2.26. The molecule has 2 N–H and O–H groups in total. The van der Waals surface area contributed by atoms with E-state index >= 15 is 0 Å². The molecule has 0 heterocycles. The van der Waals surface area contributed by atoms with Crippen molar-refractivity contribution >= 4 is 17.5 Å². The number of hydrogen-bond donors (Lipinski definition) is 2. The minimum absolute atomic E-state index is 0.552. The third kappa shape index (κ3) is 4.37. The first-order valence-corrected chi connectivity index (χ1v) is 7.31. The Morgan fingerprint density at radius 1 is 1.10 bits per heavy atom. The van der Waals surface area contributed by atoms with Crippen LogP contribution >= 0.6 is 0 Å². The van der Waals surface area contributed by atoms with E-state index in [-0.39, 0.29) is 0 Å². The molecular weight excluding hydrogens is 252 g/mol. The Morgan fingerprint density at radius 2 is 1.75 bits per heavy atom. The predicted octanol–water partition coefficient (Wildman–Crippen LogP) is 2.63. The van der Waals surface area contributed by atoms with Crippen LogP contribution in [0.15, 0.2) is 24.3 Å². The fourth-order valence-corrected chi connectivity index (χ4v) is 2.59. The summed E-state index contributed by atoms with van der Waals surface area (Å²) < 4.78 is 0. The van der Waals surface area contributed by atoms with Crippen molar-refractivity contribution in [3.05, 3.63) is 29.8 Å². The molecule has 2 rings (SSSR count). The Balaban J connectivity index is 1.71. The summed E-state index contributed by atoms with van der Waals surface area (Å²) in [4.78, 5) is 23.4. The highest BCUT2D eigenvalue weighted by molar-refractivity contribution is 6.39. The molecule has 0 aliphatic heterocycles. The van der Waals surface area contributed by atoms with Crippen LogP contribution in [-0.2, 0) is 9.59 Å². The summed E-state index contributed by atoms with van der Waals surface area (Å²) in [5, 5.41) is 5.29. The monoisotopic (exact) mass is 274 g/mol. The molecule has 1 aromatic rings. The number of aryl methyl sites for hydroxylation is 1. The lowest BCUT2D eigenvalue weighted by Crippen LogP contribution is -2.36. The summed E-state index contributed by atoms with van der Waals surface area (Å²) in [7, 11) is 0. The fourth-order valence-electron chi connectivity index (χ4n) is 2.59. The number of benzene rings is 1. The Labute approximate surface area is 119 Å². The van der Waals surface area contributed by atoms with Crippen molar-refractivity contribution < 1.29 is 9.59 Å². The number of carbonyl (C=O) groups is 2. The van der Waals surface area contributed by atoms with E-state index in [1.165, 1.54) is 25.7 Å². The lowest BCUT2D eigenvalue weighted by atomic mass is 10.0. The Hall–Kier alpha value is -1.84. The molecule has 4 heteroatoms. The molecule has 108 valence electrons. The number of anilines is 1. The van der Waals surface area contributed by atoms with Crippen molar-refractivity contribution in [1.29, 1.82) is 0 Å². The molecule has 0 bridgehead atoms. The van der Waals surface area contributed by atoms with Gasteiger partial charge in [0.1, 0.15) is 0 Å². The van der Waals surface area contributed by atoms with E-state index in [4.69, 9.17) is 0 Å². The molecule has 4 nitrogen and oxygen atoms in total. The Kier molecular flexibility index (Phi) is 5.16. The van der Waals surface area contributed by atoms with Crippen LogP contribution in [0.4, 0.5) is 5.69 Å². The summed E-state index contributed by atoms with van der Waals surface area (Å²) >= 11 is 0. The molecule has 1 aliphatic rings. The van der Waals surface area contributed by atoms with Gasteiger partial charge in [0, 0.05) is 12.2 Å².